The largest absolute Gasteiger partial charge is 0.400 e. The van der Waals surface area contributed by atoms with Crippen LogP contribution in [0.1, 0.15) is 29.1 Å². The third-order valence-corrected chi connectivity index (χ3v) is 6.80. The van der Waals surface area contributed by atoms with Crippen molar-refractivity contribution in [2.24, 2.45) is 0 Å². The smallest absolute Gasteiger partial charge is 0.377 e. The molecule has 0 saturated carbocycles. The van der Waals surface area contributed by atoms with Crippen molar-refractivity contribution in [3.05, 3.63) is 33.1 Å². The summed E-state index contributed by atoms with van der Waals surface area (Å²) in [5.41, 5.74) is -4.07. The molecule has 1 heterocycles. The predicted octanol–water partition coefficient (Wildman–Crippen LogP) is 4.05. The molecule has 0 fully saturated rings. The normalized spacial score (nSPS) is 12.8. The minimum atomic E-state index is -5.68. The van der Waals surface area contributed by atoms with Gasteiger partial charge >= 0.3 is 13.3 Å². The van der Waals surface area contributed by atoms with Gasteiger partial charge in [0.25, 0.3) is 5.91 Å². The van der Waals surface area contributed by atoms with Crippen LogP contribution < -0.4 is 5.32 Å². The van der Waals surface area contributed by atoms with Crippen molar-refractivity contribution < 1.29 is 32.7 Å². The highest BCUT2D eigenvalue weighted by Gasteiger charge is 2.53. The number of carbonyl (C=O) groups is 1. The number of benzene rings is 1. The van der Waals surface area contributed by atoms with Crippen molar-refractivity contribution in [3.8, 4) is 0 Å². The van der Waals surface area contributed by atoms with E-state index in [0.717, 1.165) is 0 Å². The second-order valence-corrected chi connectivity index (χ2v) is 9.21. The molecular weight excluding hydrogens is 455 g/mol. The molecule has 26 heavy (non-hydrogen) atoms. The summed E-state index contributed by atoms with van der Waals surface area (Å²) in [5.74, 6) is -0.402. The van der Waals surface area contributed by atoms with Gasteiger partial charge in [0.1, 0.15) is 4.88 Å². The average molecular weight is 472 g/mol. The van der Waals surface area contributed by atoms with Gasteiger partial charge in [-0.2, -0.15) is 8.78 Å². The Hall–Kier alpha value is -0.900. The van der Waals surface area contributed by atoms with E-state index in [-0.39, 0.29) is 21.5 Å². The summed E-state index contributed by atoms with van der Waals surface area (Å²) in [5, 5.41) is 2.93. The Kier molecular flexibility index (Phi) is 6.58. The molecule has 1 amide bonds. The van der Waals surface area contributed by atoms with Gasteiger partial charge in [0, 0.05) is 26.7 Å². The number of halogens is 3. The maximum Gasteiger partial charge on any atom is 0.400 e. The second kappa shape index (κ2) is 8.00. The number of nitrogens with one attached hydrogen (secondary N) is 1. The Bertz CT molecular complexity index is 867. The van der Waals surface area contributed by atoms with Crippen LogP contribution in [0, 0.1) is 0 Å². The number of hydrogen-bond donors (Lipinski definition) is 3. The summed E-state index contributed by atoms with van der Waals surface area (Å²) in [7, 11) is -5.68. The lowest BCUT2D eigenvalue weighted by atomic mass is 10.1. The fourth-order valence-corrected chi connectivity index (χ4v) is 5.02. The maximum absolute atomic E-state index is 14.0. The second-order valence-electron chi connectivity index (χ2n) is 5.72. The first-order valence-corrected chi connectivity index (χ1v) is 10.7. The molecule has 0 saturated heterocycles. The molecule has 11 heteroatoms. The topological polar surface area (TPSA) is 95.9 Å². The number of alkyl halides is 2. The maximum atomic E-state index is 14.0. The molecule has 0 aliphatic rings. The van der Waals surface area contributed by atoms with Gasteiger partial charge in [0.05, 0.1) is 12.7 Å². The molecule has 0 spiro atoms. The number of carbonyl (C=O) groups excluding carboxylic acids is 1. The molecule has 0 atom stereocenters. The van der Waals surface area contributed by atoms with Crippen LogP contribution in [0.2, 0.25) is 0 Å². The monoisotopic (exact) mass is 471 g/mol. The van der Waals surface area contributed by atoms with Gasteiger partial charge in [0.2, 0.25) is 0 Å². The number of hydrogen-bond acceptors (Lipinski definition) is 4. The van der Waals surface area contributed by atoms with E-state index in [0.29, 0.717) is 29.2 Å². The van der Waals surface area contributed by atoms with Crippen LogP contribution in [0.15, 0.2) is 22.7 Å². The average Bonchev–Trinajstić information content (AvgIpc) is 2.87. The Labute approximate surface area is 160 Å². The zero-order chi connectivity index (χ0) is 19.7. The summed E-state index contributed by atoms with van der Waals surface area (Å²) in [4.78, 5) is 29.2. The fraction of sp³-hybridized carbons (Fsp3) is 0.400. The van der Waals surface area contributed by atoms with E-state index in [1.54, 1.807) is 0 Å². The molecule has 0 bridgehead atoms. The molecular formula is C15H17BrF2NO5PS. The number of fused-ring (bicyclic) bond motifs is 1. The van der Waals surface area contributed by atoms with Gasteiger partial charge in [-0.3, -0.25) is 9.36 Å². The van der Waals surface area contributed by atoms with E-state index < -0.39 is 24.0 Å². The van der Waals surface area contributed by atoms with Crippen LogP contribution in [0.4, 0.5) is 8.78 Å². The van der Waals surface area contributed by atoms with Crippen LogP contribution in [-0.4, -0.2) is 34.9 Å². The number of amides is 1. The van der Waals surface area contributed by atoms with Crippen LogP contribution in [0.25, 0.3) is 10.1 Å². The first-order chi connectivity index (χ1) is 11.9. The number of rotatable bonds is 7. The third-order valence-electron chi connectivity index (χ3n) is 3.37. The molecule has 0 unspecified atom stereocenters. The lowest BCUT2D eigenvalue weighted by Crippen LogP contribution is -2.28. The molecule has 2 aromatic rings. The molecule has 6 nitrogen and oxygen atoms in total. The molecule has 2 rings (SSSR count). The van der Waals surface area contributed by atoms with Crippen molar-refractivity contribution in [2.75, 3.05) is 13.2 Å². The molecule has 0 radical (unpaired) electrons. The van der Waals surface area contributed by atoms with E-state index in [1.807, 2.05) is 13.8 Å². The zero-order valence-electron chi connectivity index (χ0n) is 13.8. The van der Waals surface area contributed by atoms with Crippen molar-refractivity contribution in [3.63, 3.8) is 0 Å². The highest BCUT2D eigenvalue weighted by Crippen LogP contribution is 2.62. The Balaban J connectivity index is 2.27. The highest BCUT2D eigenvalue weighted by molar-refractivity contribution is 9.10. The van der Waals surface area contributed by atoms with Gasteiger partial charge < -0.3 is 19.8 Å². The summed E-state index contributed by atoms with van der Waals surface area (Å²) < 4.78 is 44.7. The van der Waals surface area contributed by atoms with E-state index in [4.69, 9.17) is 14.5 Å². The summed E-state index contributed by atoms with van der Waals surface area (Å²) in [6.07, 6.45) is 0.0409. The first kappa shape index (κ1) is 21.4. The summed E-state index contributed by atoms with van der Waals surface area (Å²) >= 11 is 3.54. The lowest BCUT2D eigenvalue weighted by molar-refractivity contribution is 0.0595. The van der Waals surface area contributed by atoms with Gasteiger partial charge in [-0.05, 0) is 48.0 Å². The quantitative estimate of drug-likeness (QED) is 0.418. The van der Waals surface area contributed by atoms with E-state index in [2.05, 4.69) is 21.2 Å². The van der Waals surface area contributed by atoms with Crippen LogP contribution in [0.5, 0.6) is 0 Å². The highest BCUT2D eigenvalue weighted by atomic mass is 79.9. The van der Waals surface area contributed by atoms with Crippen LogP contribution >= 0.6 is 34.9 Å². The molecule has 144 valence electrons. The van der Waals surface area contributed by atoms with Crippen LogP contribution in [-0.2, 0) is 15.0 Å². The van der Waals surface area contributed by atoms with Crippen molar-refractivity contribution in [1.82, 2.24) is 5.32 Å². The van der Waals surface area contributed by atoms with Gasteiger partial charge in [-0.25, -0.2) is 0 Å². The zero-order valence-corrected chi connectivity index (χ0v) is 17.1. The van der Waals surface area contributed by atoms with Gasteiger partial charge in [-0.1, -0.05) is 0 Å². The minimum absolute atomic E-state index is 0.0409. The third kappa shape index (κ3) is 4.49. The lowest BCUT2D eigenvalue weighted by Gasteiger charge is -2.16. The van der Waals surface area contributed by atoms with Crippen molar-refractivity contribution in [2.45, 2.75) is 25.6 Å². The van der Waals surface area contributed by atoms with E-state index >= 15 is 0 Å². The standard InChI is InChI=1S/C15H17BrF2NO5PS/c1-8(2)24-6-5-19-14(20)9-3-4-11-10(7-9)12(16)13(26-11)15(17,18)25(21,22)23/h3-4,7-8H,5-6H2,1-2H3,(H,19,20)(H2,21,22,23). The molecule has 0 aliphatic carbocycles. The van der Waals surface area contributed by atoms with Crippen LogP contribution in [0.3, 0.4) is 0 Å². The number of thiophene rings is 1. The van der Waals surface area contributed by atoms with E-state index in [1.165, 1.54) is 18.2 Å². The fourth-order valence-electron chi connectivity index (χ4n) is 2.10. The van der Waals surface area contributed by atoms with Gasteiger partial charge in [-0.15, -0.1) is 11.3 Å². The summed E-state index contributed by atoms with van der Waals surface area (Å²) in [6.45, 7) is 4.37. The SMILES string of the molecule is CC(C)OCCNC(=O)c1ccc2sc(C(F)(F)P(=O)(O)O)c(Br)c2c1. The summed E-state index contributed by atoms with van der Waals surface area (Å²) in [6, 6.07) is 4.32. The van der Waals surface area contributed by atoms with Crippen molar-refractivity contribution >= 4 is 50.9 Å². The van der Waals surface area contributed by atoms with E-state index in [9.17, 15) is 18.1 Å². The molecule has 1 aromatic heterocycles. The van der Waals surface area contributed by atoms with Crippen molar-refractivity contribution in [1.29, 1.82) is 0 Å². The minimum Gasteiger partial charge on any atom is -0.377 e. The predicted molar refractivity (Wildman–Crippen MR) is 98.9 cm³/mol. The molecule has 1 aromatic carbocycles. The molecule has 0 aliphatic heterocycles. The Morgan fingerprint density at radius 1 is 1.42 bits per heavy atom. The number of ether oxygens (including phenoxy) is 1. The first-order valence-electron chi connectivity index (χ1n) is 7.51. The van der Waals surface area contributed by atoms with Gasteiger partial charge in [0.15, 0.2) is 0 Å². The Morgan fingerprint density at radius 3 is 2.65 bits per heavy atom. The molecule has 3 N–H and O–H groups in total. The Morgan fingerprint density at radius 2 is 2.08 bits per heavy atom.